The van der Waals surface area contributed by atoms with Gasteiger partial charge in [-0.25, -0.2) is 4.98 Å². The molecule has 0 aliphatic heterocycles. The van der Waals surface area contributed by atoms with Crippen LogP contribution in [-0.2, 0) is 10.5 Å². The normalized spacial score (nSPS) is 12.5. The molecule has 0 radical (unpaired) electrons. The number of thiophene rings is 1. The first-order valence-electron chi connectivity index (χ1n) is 8.32. The van der Waals surface area contributed by atoms with Gasteiger partial charge in [0.1, 0.15) is 10.7 Å². The number of hydrogen-bond donors (Lipinski definition) is 2. The summed E-state index contributed by atoms with van der Waals surface area (Å²) in [5.74, 6) is 1.19. The van der Waals surface area contributed by atoms with E-state index in [0.29, 0.717) is 17.0 Å². The van der Waals surface area contributed by atoms with Crippen molar-refractivity contribution in [2.24, 2.45) is 0 Å². The van der Waals surface area contributed by atoms with Crippen molar-refractivity contribution < 1.29 is 4.79 Å². The largest absolute Gasteiger partial charge is 0.355 e. The number of nitrogens with zero attached hydrogens (tertiary/aromatic N) is 1. The number of carbonyl (C=O) groups is 1. The SMILES string of the molecule is CCCCCNC(=O)C(C)SCc1nc2sc(C)c(C)c2c(=O)[nH]1. The van der Waals surface area contributed by atoms with E-state index in [9.17, 15) is 9.59 Å². The number of unbranched alkanes of at least 4 members (excludes halogenated alkanes) is 2. The molecule has 2 aromatic rings. The summed E-state index contributed by atoms with van der Waals surface area (Å²) >= 11 is 3.03. The molecule has 0 aromatic carbocycles. The topological polar surface area (TPSA) is 74.8 Å². The average Bonchev–Trinajstić information content (AvgIpc) is 2.84. The Labute approximate surface area is 150 Å². The molecule has 0 aliphatic rings. The summed E-state index contributed by atoms with van der Waals surface area (Å²) in [6.07, 6.45) is 3.29. The second-order valence-corrected chi connectivity index (χ2v) is 8.46. The lowest BCUT2D eigenvalue weighted by Crippen LogP contribution is -2.31. The van der Waals surface area contributed by atoms with Crippen LogP contribution in [0, 0.1) is 13.8 Å². The zero-order chi connectivity index (χ0) is 17.7. The molecule has 0 saturated heterocycles. The third-order valence-corrected chi connectivity index (χ3v) is 6.26. The molecule has 5 nitrogen and oxygen atoms in total. The van der Waals surface area contributed by atoms with Crippen molar-refractivity contribution in [3.05, 3.63) is 26.6 Å². The standard InChI is InChI=1S/C17H25N3O2S2/c1-5-6-7-8-18-15(21)12(4)23-9-13-19-16(22)14-10(2)11(3)24-17(14)20-13/h12H,5-9H2,1-4H3,(H,18,21)(H,19,20,22). The smallest absolute Gasteiger partial charge is 0.259 e. The van der Waals surface area contributed by atoms with Gasteiger partial charge < -0.3 is 10.3 Å². The molecule has 1 unspecified atom stereocenters. The van der Waals surface area contributed by atoms with Gasteiger partial charge in [0.05, 0.1) is 16.4 Å². The molecule has 2 heterocycles. The zero-order valence-electron chi connectivity index (χ0n) is 14.7. The number of aromatic nitrogens is 2. The Morgan fingerprint density at radius 1 is 1.38 bits per heavy atom. The average molecular weight is 368 g/mol. The van der Waals surface area contributed by atoms with Gasteiger partial charge in [0.25, 0.3) is 5.56 Å². The zero-order valence-corrected chi connectivity index (χ0v) is 16.3. The highest BCUT2D eigenvalue weighted by Crippen LogP contribution is 2.26. The van der Waals surface area contributed by atoms with E-state index in [1.54, 1.807) is 11.3 Å². The van der Waals surface area contributed by atoms with Gasteiger partial charge in [-0.05, 0) is 32.8 Å². The fourth-order valence-electron chi connectivity index (χ4n) is 2.38. The Morgan fingerprint density at radius 2 is 2.12 bits per heavy atom. The van der Waals surface area contributed by atoms with Crippen LogP contribution in [0.25, 0.3) is 10.2 Å². The van der Waals surface area contributed by atoms with Crippen LogP contribution in [0.4, 0.5) is 0 Å². The van der Waals surface area contributed by atoms with E-state index in [4.69, 9.17) is 0 Å². The number of carbonyl (C=O) groups excluding carboxylic acids is 1. The van der Waals surface area contributed by atoms with E-state index in [1.807, 2.05) is 20.8 Å². The van der Waals surface area contributed by atoms with Gasteiger partial charge in [-0.2, -0.15) is 0 Å². The maximum Gasteiger partial charge on any atom is 0.259 e. The maximum atomic E-state index is 12.2. The summed E-state index contributed by atoms with van der Waals surface area (Å²) in [5.41, 5.74) is 0.914. The molecule has 2 rings (SSSR count). The summed E-state index contributed by atoms with van der Waals surface area (Å²) in [5, 5.41) is 3.48. The van der Waals surface area contributed by atoms with Crippen molar-refractivity contribution in [1.29, 1.82) is 0 Å². The highest BCUT2D eigenvalue weighted by atomic mass is 32.2. The van der Waals surface area contributed by atoms with Crippen LogP contribution >= 0.6 is 23.1 Å². The molecule has 132 valence electrons. The molecule has 24 heavy (non-hydrogen) atoms. The molecule has 0 saturated carbocycles. The number of nitrogens with one attached hydrogen (secondary N) is 2. The van der Waals surface area contributed by atoms with Crippen molar-refractivity contribution in [1.82, 2.24) is 15.3 Å². The second kappa shape index (κ2) is 8.67. The molecular formula is C17H25N3O2S2. The fraction of sp³-hybridized carbons (Fsp3) is 0.588. The molecular weight excluding hydrogens is 342 g/mol. The predicted octanol–water partition coefficient (Wildman–Crippen LogP) is 3.53. The van der Waals surface area contributed by atoms with Crippen molar-refractivity contribution >= 4 is 39.2 Å². The minimum absolute atomic E-state index is 0.0438. The third-order valence-electron chi connectivity index (χ3n) is 4.01. The Kier molecular flexibility index (Phi) is 6.86. The van der Waals surface area contributed by atoms with Gasteiger partial charge in [0.2, 0.25) is 5.91 Å². The van der Waals surface area contributed by atoms with E-state index in [0.717, 1.165) is 41.1 Å². The number of thioether (sulfide) groups is 1. The van der Waals surface area contributed by atoms with Gasteiger partial charge in [0, 0.05) is 11.4 Å². The summed E-state index contributed by atoms with van der Waals surface area (Å²) in [7, 11) is 0. The van der Waals surface area contributed by atoms with Crippen LogP contribution in [0.5, 0.6) is 0 Å². The van der Waals surface area contributed by atoms with Crippen LogP contribution in [0.15, 0.2) is 4.79 Å². The van der Waals surface area contributed by atoms with Gasteiger partial charge in [-0.15, -0.1) is 23.1 Å². The number of aryl methyl sites for hydroxylation is 2. The number of hydrogen-bond acceptors (Lipinski definition) is 5. The molecule has 2 N–H and O–H groups in total. The Morgan fingerprint density at radius 3 is 2.83 bits per heavy atom. The van der Waals surface area contributed by atoms with E-state index in [-0.39, 0.29) is 16.7 Å². The van der Waals surface area contributed by atoms with Crippen molar-refractivity contribution in [3.8, 4) is 0 Å². The molecule has 1 atom stereocenters. The molecule has 0 aliphatic carbocycles. The van der Waals surface area contributed by atoms with Crippen molar-refractivity contribution in [2.75, 3.05) is 6.54 Å². The maximum absolute atomic E-state index is 12.2. The van der Waals surface area contributed by atoms with Gasteiger partial charge in [0.15, 0.2) is 0 Å². The third kappa shape index (κ3) is 4.60. The highest BCUT2D eigenvalue weighted by molar-refractivity contribution is 7.99. The Hall–Kier alpha value is -1.34. The molecule has 2 aromatic heterocycles. The highest BCUT2D eigenvalue weighted by Gasteiger charge is 2.15. The summed E-state index contributed by atoms with van der Waals surface area (Å²) in [6.45, 7) is 8.70. The molecule has 0 spiro atoms. The Balaban J connectivity index is 1.95. The van der Waals surface area contributed by atoms with Gasteiger partial charge >= 0.3 is 0 Å². The number of fused-ring (bicyclic) bond motifs is 1. The van der Waals surface area contributed by atoms with Crippen LogP contribution in [0.3, 0.4) is 0 Å². The first-order valence-corrected chi connectivity index (χ1v) is 10.2. The fourth-order valence-corrected chi connectivity index (χ4v) is 4.21. The summed E-state index contributed by atoms with van der Waals surface area (Å²) in [4.78, 5) is 33.6. The van der Waals surface area contributed by atoms with Crippen LogP contribution in [-0.4, -0.2) is 27.7 Å². The predicted molar refractivity (Wildman–Crippen MR) is 103 cm³/mol. The molecule has 1 amide bonds. The van der Waals surface area contributed by atoms with Crippen molar-refractivity contribution in [3.63, 3.8) is 0 Å². The monoisotopic (exact) mass is 367 g/mol. The van der Waals surface area contributed by atoms with Gasteiger partial charge in [-0.1, -0.05) is 19.8 Å². The molecule has 7 heteroatoms. The quantitative estimate of drug-likeness (QED) is 0.700. The first kappa shape index (κ1) is 19.0. The first-order chi connectivity index (χ1) is 11.4. The second-order valence-electron chi connectivity index (χ2n) is 5.93. The Bertz CT molecular complexity index is 767. The van der Waals surface area contributed by atoms with E-state index in [2.05, 4.69) is 22.2 Å². The van der Waals surface area contributed by atoms with Gasteiger partial charge in [-0.3, -0.25) is 9.59 Å². The van der Waals surface area contributed by atoms with Crippen LogP contribution < -0.4 is 10.9 Å². The van der Waals surface area contributed by atoms with Crippen LogP contribution in [0.2, 0.25) is 0 Å². The van der Waals surface area contributed by atoms with E-state index < -0.39 is 0 Å². The molecule has 0 fully saturated rings. The summed E-state index contributed by atoms with van der Waals surface area (Å²) < 4.78 is 0. The lowest BCUT2D eigenvalue weighted by Gasteiger charge is -2.11. The van der Waals surface area contributed by atoms with Crippen molar-refractivity contribution in [2.45, 2.75) is 58.0 Å². The summed E-state index contributed by atoms with van der Waals surface area (Å²) in [6, 6.07) is 0. The number of rotatable bonds is 8. The van der Waals surface area contributed by atoms with Crippen LogP contribution in [0.1, 0.15) is 49.4 Å². The van der Waals surface area contributed by atoms with E-state index >= 15 is 0 Å². The minimum Gasteiger partial charge on any atom is -0.355 e. The number of H-pyrrole nitrogens is 1. The lowest BCUT2D eigenvalue weighted by atomic mass is 10.2. The number of aromatic amines is 1. The molecule has 0 bridgehead atoms. The van der Waals surface area contributed by atoms with E-state index in [1.165, 1.54) is 11.8 Å². The lowest BCUT2D eigenvalue weighted by molar-refractivity contribution is -0.120. The minimum atomic E-state index is -0.167. The number of amides is 1.